The number of amides is 2. The average Bonchev–Trinajstić information content (AvgIpc) is 2.14. The monoisotopic (exact) mass is 142 g/mol. The molecule has 1 fully saturated rings. The van der Waals surface area contributed by atoms with E-state index in [9.17, 15) is 14.4 Å². The highest BCUT2D eigenvalue weighted by Crippen LogP contribution is 1.91. The van der Waals surface area contributed by atoms with Gasteiger partial charge in [0.25, 0.3) is 0 Å². The molecule has 10 heavy (non-hydrogen) atoms. The second-order valence-electron chi connectivity index (χ2n) is 1.90. The number of carbonyl (C=O) groups is 3. The van der Waals surface area contributed by atoms with Crippen molar-refractivity contribution in [3.63, 3.8) is 0 Å². The van der Waals surface area contributed by atoms with Crippen LogP contribution in [0.1, 0.15) is 6.42 Å². The van der Waals surface area contributed by atoms with Gasteiger partial charge in [0.1, 0.15) is 12.5 Å². The minimum absolute atomic E-state index is 0.122. The summed E-state index contributed by atoms with van der Waals surface area (Å²) in [7, 11) is 0. The number of hydrogen-bond acceptors (Lipinski definition) is 3. The molecule has 1 rings (SSSR count). The third-order valence-corrected chi connectivity index (χ3v) is 1.15. The van der Waals surface area contributed by atoms with Gasteiger partial charge in [0.05, 0.1) is 0 Å². The molecule has 0 unspecified atom stereocenters. The quantitative estimate of drug-likeness (QED) is 0.351. The van der Waals surface area contributed by atoms with E-state index in [4.69, 9.17) is 0 Å². The van der Waals surface area contributed by atoms with Gasteiger partial charge in [0, 0.05) is 6.42 Å². The van der Waals surface area contributed by atoms with Crippen LogP contribution in [0.2, 0.25) is 0 Å². The maximum absolute atomic E-state index is 10.4. The summed E-state index contributed by atoms with van der Waals surface area (Å²) in [5.74, 6) is -1.35. The summed E-state index contributed by atoms with van der Waals surface area (Å²) in [6, 6.07) is 0. The molecule has 0 aromatic heterocycles. The number of carbonyl (C=O) groups excluding carboxylic acids is 3. The molecular weight excluding hydrogens is 136 g/mol. The first-order valence-corrected chi connectivity index (χ1v) is 2.79. The van der Waals surface area contributed by atoms with Crippen molar-refractivity contribution < 1.29 is 14.4 Å². The van der Waals surface area contributed by atoms with Crippen molar-refractivity contribution in [1.82, 2.24) is 10.6 Å². The summed E-state index contributed by atoms with van der Waals surface area (Å²) in [6.07, 6.45) is 0.256. The molecule has 2 amide bonds. The molecule has 0 bridgehead atoms. The maximum Gasteiger partial charge on any atom is 0.310 e. The van der Waals surface area contributed by atoms with E-state index in [-0.39, 0.29) is 6.42 Å². The maximum atomic E-state index is 10.4. The van der Waals surface area contributed by atoms with Crippen LogP contribution in [0.5, 0.6) is 0 Å². The highest BCUT2D eigenvalue weighted by Gasteiger charge is 2.27. The molecule has 1 heterocycles. The van der Waals surface area contributed by atoms with Crippen LogP contribution < -0.4 is 10.6 Å². The number of aldehydes is 1. The van der Waals surface area contributed by atoms with Crippen molar-refractivity contribution in [2.24, 2.45) is 0 Å². The Morgan fingerprint density at radius 2 is 1.80 bits per heavy atom. The second-order valence-corrected chi connectivity index (χ2v) is 1.90. The molecule has 2 N–H and O–H groups in total. The first kappa shape index (κ1) is 6.73. The van der Waals surface area contributed by atoms with Gasteiger partial charge in [-0.05, 0) is 0 Å². The fourth-order valence-corrected chi connectivity index (χ4v) is 0.698. The van der Waals surface area contributed by atoms with Gasteiger partial charge in [-0.25, -0.2) is 0 Å². The minimum atomic E-state index is -0.674. The summed E-state index contributed by atoms with van der Waals surface area (Å²) < 4.78 is 0. The molecular formula is C5H6N2O3. The number of hydrogen-bond donors (Lipinski definition) is 2. The summed E-state index contributed by atoms with van der Waals surface area (Å²) in [5, 5.41) is 4.55. The van der Waals surface area contributed by atoms with E-state index in [2.05, 4.69) is 10.6 Å². The summed E-state index contributed by atoms with van der Waals surface area (Å²) >= 11 is 0. The van der Waals surface area contributed by atoms with Gasteiger partial charge in [0.15, 0.2) is 0 Å². The Bertz CT molecular complexity index is 173. The predicted molar refractivity (Wildman–Crippen MR) is 30.8 cm³/mol. The lowest BCUT2D eigenvalue weighted by molar-refractivity contribution is -0.135. The van der Waals surface area contributed by atoms with Crippen LogP contribution in [0, 0.1) is 0 Å². The van der Waals surface area contributed by atoms with Crippen molar-refractivity contribution in [3.8, 4) is 0 Å². The molecule has 0 aromatic rings. The zero-order valence-electron chi connectivity index (χ0n) is 5.09. The van der Waals surface area contributed by atoms with Gasteiger partial charge in [0.2, 0.25) is 0 Å². The van der Waals surface area contributed by atoms with E-state index < -0.39 is 18.0 Å². The molecule has 54 valence electrons. The Balaban J connectivity index is 2.48. The van der Waals surface area contributed by atoms with Gasteiger partial charge in [-0.2, -0.15) is 0 Å². The highest BCUT2D eigenvalue weighted by atomic mass is 16.2. The van der Waals surface area contributed by atoms with Crippen LogP contribution in [0.15, 0.2) is 0 Å². The molecule has 1 aliphatic rings. The SMILES string of the molecule is O=CCC1NC(=O)C(=O)N1. The van der Waals surface area contributed by atoms with Gasteiger partial charge in [-0.15, -0.1) is 0 Å². The molecule has 1 aliphatic heterocycles. The van der Waals surface area contributed by atoms with Crippen molar-refractivity contribution in [2.75, 3.05) is 0 Å². The second kappa shape index (κ2) is 2.47. The van der Waals surface area contributed by atoms with E-state index >= 15 is 0 Å². The Kier molecular flexibility index (Phi) is 1.66. The van der Waals surface area contributed by atoms with Gasteiger partial charge >= 0.3 is 11.8 Å². The molecule has 0 saturated carbocycles. The molecule has 1 saturated heterocycles. The van der Waals surface area contributed by atoms with Crippen molar-refractivity contribution in [2.45, 2.75) is 12.6 Å². The van der Waals surface area contributed by atoms with Gasteiger partial charge in [-0.1, -0.05) is 0 Å². The Morgan fingerprint density at radius 1 is 1.30 bits per heavy atom. The highest BCUT2D eigenvalue weighted by molar-refractivity contribution is 6.37. The van der Waals surface area contributed by atoms with E-state index in [1.807, 2.05) is 0 Å². The first-order chi connectivity index (χ1) is 4.74. The van der Waals surface area contributed by atoms with Crippen LogP contribution in [0.25, 0.3) is 0 Å². The zero-order valence-corrected chi connectivity index (χ0v) is 5.09. The van der Waals surface area contributed by atoms with E-state index in [0.717, 1.165) is 0 Å². The zero-order chi connectivity index (χ0) is 7.56. The number of rotatable bonds is 2. The lowest BCUT2D eigenvalue weighted by Gasteiger charge is -2.02. The normalized spacial score (nSPS) is 18.4. The van der Waals surface area contributed by atoms with Crippen LogP contribution in [-0.2, 0) is 14.4 Å². The summed E-state index contributed by atoms with van der Waals surface area (Å²) in [6.45, 7) is 0. The topological polar surface area (TPSA) is 75.3 Å². The fourth-order valence-electron chi connectivity index (χ4n) is 0.698. The van der Waals surface area contributed by atoms with Crippen molar-refractivity contribution >= 4 is 18.1 Å². The standard InChI is InChI=1S/C5H6N2O3/c8-2-1-3-6-4(9)5(10)7-3/h2-3H,1H2,(H,6,9)(H,7,10). The van der Waals surface area contributed by atoms with E-state index in [1.165, 1.54) is 0 Å². The smallest absolute Gasteiger partial charge is 0.310 e. The van der Waals surface area contributed by atoms with Crippen molar-refractivity contribution in [3.05, 3.63) is 0 Å². The number of nitrogens with one attached hydrogen (secondary N) is 2. The molecule has 0 aromatic carbocycles. The van der Waals surface area contributed by atoms with E-state index in [1.54, 1.807) is 0 Å². The van der Waals surface area contributed by atoms with Crippen molar-refractivity contribution in [1.29, 1.82) is 0 Å². The third-order valence-electron chi connectivity index (χ3n) is 1.15. The van der Waals surface area contributed by atoms with Crippen LogP contribution in [0.4, 0.5) is 0 Å². The van der Waals surface area contributed by atoms with Crippen LogP contribution >= 0.6 is 0 Å². The molecule has 0 spiro atoms. The molecule has 0 radical (unpaired) electrons. The molecule has 0 atom stereocenters. The van der Waals surface area contributed by atoms with Gasteiger partial charge in [-0.3, -0.25) is 9.59 Å². The van der Waals surface area contributed by atoms with E-state index in [0.29, 0.717) is 6.29 Å². The molecule has 5 heteroatoms. The molecule has 0 aliphatic carbocycles. The Morgan fingerprint density at radius 3 is 2.20 bits per heavy atom. The lowest BCUT2D eigenvalue weighted by atomic mass is 10.4. The van der Waals surface area contributed by atoms with Crippen LogP contribution in [-0.4, -0.2) is 24.3 Å². The Labute approximate surface area is 56.8 Å². The van der Waals surface area contributed by atoms with Crippen LogP contribution in [0.3, 0.4) is 0 Å². The third kappa shape index (κ3) is 1.12. The molecule has 5 nitrogen and oxygen atoms in total. The minimum Gasteiger partial charge on any atom is -0.327 e. The van der Waals surface area contributed by atoms with Gasteiger partial charge < -0.3 is 15.4 Å². The lowest BCUT2D eigenvalue weighted by Crippen LogP contribution is -2.32. The Hall–Kier alpha value is -1.39. The summed E-state index contributed by atoms with van der Waals surface area (Å²) in [5.41, 5.74) is 0. The largest absolute Gasteiger partial charge is 0.327 e. The average molecular weight is 142 g/mol. The predicted octanol–water partition coefficient (Wildman–Crippen LogP) is -1.85. The fraction of sp³-hybridized carbons (Fsp3) is 0.400. The summed E-state index contributed by atoms with van der Waals surface area (Å²) in [4.78, 5) is 30.7. The first-order valence-electron chi connectivity index (χ1n) is 2.79.